The van der Waals surface area contributed by atoms with Gasteiger partial charge in [-0.2, -0.15) is 9.67 Å². The zero-order valence-electron chi connectivity index (χ0n) is 13.3. The van der Waals surface area contributed by atoms with E-state index in [0.717, 1.165) is 4.57 Å². The fourth-order valence-corrected chi connectivity index (χ4v) is 2.54. The normalized spacial score (nSPS) is 11.3. The van der Waals surface area contributed by atoms with Crippen LogP contribution in [0.1, 0.15) is 0 Å². The van der Waals surface area contributed by atoms with Gasteiger partial charge in [0.25, 0.3) is 5.56 Å². The molecule has 3 heterocycles. The van der Waals surface area contributed by atoms with Gasteiger partial charge in [0.2, 0.25) is 5.95 Å². The van der Waals surface area contributed by atoms with Crippen molar-refractivity contribution in [2.24, 2.45) is 14.1 Å². The molecule has 0 fully saturated rings. The van der Waals surface area contributed by atoms with Crippen molar-refractivity contribution in [2.45, 2.75) is 0 Å². The summed E-state index contributed by atoms with van der Waals surface area (Å²) in [5.41, 5.74) is 0.673. The molecule has 9 nitrogen and oxygen atoms in total. The van der Waals surface area contributed by atoms with Gasteiger partial charge in [0.15, 0.2) is 11.2 Å². The largest absolute Gasteiger partial charge is 0.332 e. The minimum atomic E-state index is -0.476. The molecule has 0 saturated carbocycles. The number of hydrogen-bond donors (Lipinski definition) is 1. The molecule has 4 aromatic rings. The minimum absolute atomic E-state index is 0.193. The van der Waals surface area contributed by atoms with Crippen LogP contribution in [0.4, 0.5) is 4.39 Å². The standard InChI is InChI=1S/C15H12FN7O2/c1-21-12-11(13(24)22(2)15(21)25)17-14(18-12)23-7-10(19-20-23)8-3-5-9(16)6-4-8/h3-7H,1-2H3,(H,17,18). The molecule has 1 N–H and O–H groups in total. The number of hydrogen-bond acceptors (Lipinski definition) is 5. The number of aromatic amines is 1. The Morgan fingerprint density at radius 2 is 1.80 bits per heavy atom. The van der Waals surface area contributed by atoms with Crippen LogP contribution in [0.5, 0.6) is 0 Å². The molecule has 0 aliphatic rings. The molecule has 10 heteroatoms. The first-order valence-electron chi connectivity index (χ1n) is 7.30. The number of aromatic nitrogens is 7. The van der Waals surface area contributed by atoms with Crippen molar-refractivity contribution in [1.82, 2.24) is 34.1 Å². The maximum atomic E-state index is 13.0. The third kappa shape index (κ3) is 2.26. The van der Waals surface area contributed by atoms with E-state index in [1.165, 1.54) is 35.5 Å². The Kier molecular flexibility index (Phi) is 3.14. The van der Waals surface area contributed by atoms with E-state index in [-0.39, 0.29) is 22.9 Å². The molecular weight excluding hydrogens is 329 g/mol. The summed E-state index contributed by atoms with van der Waals surface area (Å²) in [5, 5.41) is 7.99. The summed E-state index contributed by atoms with van der Waals surface area (Å²) < 4.78 is 16.6. The molecule has 3 aromatic heterocycles. The zero-order chi connectivity index (χ0) is 17.7. The van der Waals surface area contributed by atoms with Gasteiger partial charge in [0.05, 0.1) is 6.20 Å². The zero-order valence-corrected chi connectivity index (χ0v) is 13.3. The number of halogens is 1. The van der Waals surface area contributed by atoms with Crippen LogP contribution >= 0.6 is 0 Å². The van der Waals surface area contributed by atoms with E-state index in [9.17, 15) is 14.0 Å². The summed E-state index contributed by atoms with van der Waals surface area (Å²) in [6.45, 7) is 0. The highest BCUT2D eigenvalue weighted by atomic mass is 19.1. The highest BCUT2D eigenvalue weighted by Gasteiger charge is 2.15. The van der Waals surface area contributed by atoms with Crippen molar-refractivity contribution in [3.05, 3.63) is 57.1 Å². The lowest BCUT2D eigenvalue weighted by Gasteiger charge is -2.00. The van der Waals surface area contributed by atoms with Gasteiger partial charge in [-0.15, -0.1) is 5.10 Å². The van der Waals surface area contributed by atoms with Crippen molar-refractivity contribution in [2.75, 3.05) is 0 Å². The lowest BCUT2D eigenvalue weighted by atomic mass is 10.2. The molecule has 0 radical (unpaired) electrons. The fourth-order valence-electron chi connectivity index (χ4n) is 2.54. The lowest BCUT2D eigenvalue weighted by molar-refractivity contribution is 0.628. The van der Waals surface area contributed by atoms with Crippen molar-refractivity contribution in [3.63, 3.8) is 0 Å². The topological polar surface area (TPSA) is 103 Å². The van der Waals surface area contributed by atoms with Crippen molar-refractivity contribution in [1.29, 1.82) is 0 Å². The number of imidazole rings is 1. The van der Waals surface area contributed by atoms with Crippen LogP contribution in [-0.4, -0.2) is 34.1 Å². The second-order valence-corrected chi connectivity index (χ2v) is 5.52. The molecular formula is C15H12FN7O2. The van der Waals surface area contributed by atoms with Gasteiger partial charge in [-0.1, -0.05) is 5.21 Å². The summed E-state index contributed by atoms with van der Waals surface area (Å²) in [7, 11) is 2.92. The molecule has 1 aromatic carbocycles. The Hall–Kier alpha value is -3.56. The molecule has 0 aliphatic carbocycles. The number of nitrogens with one attached hydrogen (secondary N) is 1. The molecule has 0 unspecified atom stereocenters. The Labute approximate surface area is 139 Å². The molecule has 0 bridgehead atoms. The van der Waals surface area contributed by atoms with Crippen molar-refractivity contribution >= 4 is 11.2 Å². The molecule has 25 heavy (non-hydrogen) atoms. The van der Waals surface area contributed by atoms with Crippen LogP contribution in [0.2, 0.25) is 0 Å². The summed E-state index contributed by atoms with van der Waals surface area (Å²) in [6, 6.07) is 5.83. The van der Waals surface area contributed by atoms with Gasteiger partial charge in [0.1, 0.15) is 11.5 Å². The first-order valence-corrected chi connectivity index (χ1v) is 7.30. The Morgan fingerprint density at radius 3 is 2.52 bits per heavy atom. The van der Waals surface area contributed by atoms with Crippen molar-refractivity contribution < 1.29 is 4.39 Å². The highest BCUT2D eigenvalue weighted by Crippen LogP contribution is 2.17. The minimum Gasteiger partial charge on any atom is -0.316 e. The molecule has 0 amide bonds. The summed E-state index contributed by atoms with van der Waals surface area (Å²) in [6.07, 6.45) is 1.59. The maximum Gasteiger partial charge on any atom is 0.332 e. The number of fused-ring (bicyclic) bond motifs is 1. The van der Waals surface area contributed by atoms with Crippen LogP contribution < -0.4 is 11.2 Å². The number of aryl methyl sites for hydroxylation is 1. The van der Waals surface area contributed by atoms with Gasteiger partial charge < -0.3 is 4.98 Å². The predicted molar refractivity (Wildman–Crippen MR) is 86.9 cm³/mol. The third-order valence-electron chi connectivity index (χ3n) is 3.93. The van der Waals surface area contributed by atoms with E-state index >= 15 is 0 Å². The summed E-state index contributed by atoms with van der Waals surface area (Å²) >= 11 is 0. The summed E-state index contributed by atoms with van der Waals surface area (Å²) in [5.74, 6) is -0.0978. The van der Waals surface area contributed by atoms with Crippen LogP contribution in [0.3, 0.4) is 0 Å². The molecule has 0 aliphatic heterocycles. The van der Waals surface area contributed by atoms with E-state index in [2.05, 4.69) is 20.3 Å². The predicted octanol–water partition coefficient (Wildman–Crippen LogP) is 0.347. The second kappa shape index (κ2) is 5.23. The monoisotopic (exact) mass is 341 g/mol. The fraction of sp³-hybridized carbons (Fsp3) is 0.133. The smallest absolute Gasteiger partial charge is 0.316 e. The van der Waals surface area contributed by atoms with E-state index in [1.807, 2.05) is 0 Å². The quantitative estimate of drug-likeness (QED) is 0.566. The highest BCUT2D eigenvalue weighted by molar-refractivity contribution is 5.71. The van der Waals surface area contributed by atoms with Crippen LogP contribution in [0.25, 0.3) is 28.4 Å². The molecule has 0 saturated heterocycles. The first kappa shape index (κ1) is 15.0. The van der Waals surface area contributed by atoms with Gasteiger partial charge >= 0.3 is 5.69 Å². The SMILES string of the molecule is Cn1c(=O)c2[nH]c(-n3cc(-c4ccc(F)cc4)nn3)nc2n(C)c1=O. The molecule has 126 valence electrons. The summed E-state index contributed by atoms with van der Waals surface area (Å²) in [4.78, 5) is 31.3. The number of H-pyrrole nitrogens is 1. The van der Waals surface area contributed by atoms with E-state index in [1.54, 1.807) is 18.3 Å². The van der Waals surface area contributed by atoms with Crippen LogP contribution in [0, 0.1) is 5.82 Å². The lowest BCUT2D eigenvalue weighted by Crippen LogP contribution is -2.36. The van der Waals surface area contributed by atoms with E-state index < -0.39 is 11.2 Å². The van der Waals surface area contributed by atoms with E-state index in [0.29, 0.717) is 11.3 Å². The van der Waals surface area contributed by atoms with Gasteiger partial charge in [-0.25, -0.2) is 9.18 Å². The van der Waals surface area contributed by atoms with E-state index in [4.69, 9.17) is 0 Å². The van der Waals surface area contributed by atoms with Gasteiger partial charge in [0, 0.05) is 19.7 Å². The number of nitrogens with zero attached hydrogens (tertiary/aromatic N) is 6. The van der Waals surface area contributed by atoms with Gasteiger partial charge in [-0.3, -0.25) is 13.9 Å². The Bertz CT molecular complexity index is 1210. The molecule has 0 atom stereocenters. The van der Waals surface area contributed by atoms with Crippen LogP contribution in [-0.2, 0) is 14.1 Å². The Morgan fingerprint density at radius 1 is 1.08 bits per heavy atom. The second-order valence-electron chi connectivity index (χ2n) is 5.52. The van der Waals surface area contributed by atoms with Gasteiger partial charge in [-0.05, 0) is 24.3 Å². The Balaban J connectivity index is 1.85. The maximum absolute atomic E-state index is 13.0. The number of rotatable bonds is 2. The van der Waals surface area contributed by atoms with Crippen molar-refractivity contribution in [3.8, 4) is 17.2 Å². The first-order chi connectivity index (χ1) is 12.0. The number of benzene rings is 1. The average Bonchev–Trinajstić information content (AvgIpc) is 3.26. The molecule has 4 rings (SSSR count). The van der Waals surface area contributed by atoms with Crippen LogP contribution in [0.15, 0.2) is 40.1 Å². The third-order valence-corrected chi connectivity index (χ3v) is 3.93. The molecule has 0 spiro atoms. The average molecular weight is 341 g/mol.